The fourth-order valence-corrected chi connectivity index (χ4v) is 6.20. The molecule has 178 valence electrons. The van der Waals surface area contributed by atoms with Crippen LogP contribution < -0.4 is 14.5 Å². The van der Waals surface area contributed by atoms with Crippen LogP contribution in [0.15, 0.2) is 71.8 Å². The average Bonchev–Trinajstić information content (AvgIpc) is 3.52. The third-order valence-electron chi connectivity index (χ3n) is 7.09. The molecule has 1 aliphatic heterocycles. The number of hydrazone groups is 1. The van der Waals surface area contributed by atoms with E-state index in [0.29, 0.717) is 5.65 Å². The van der Waals surface area contributed by atoms with Crippen LogP contribution in [-0.2, 0) is 6.42 Å². The van der Waals surface area contributed by atoms with Crippen molar-refractivity contribution in [3.8, 4) is 11.5 Å². The molecule has 0 fully saturated rings. The largest absolute Gasteiger partial charge is 0.497 e. The Morgan fingerprint density at radius 3 is 2.39 bits per heavy atom. The van der Waals surface area contributed by atoms with Gasteiger partial charge in [-0.05, 0) is 60.4 Å². The molecule has 2 aliphatic rings. The minimum absolute atomic E-state index is 0.0141. The van der Waals surface area contributed by atoms with Crippen molar-refractivity contribution in [1.29, 1.82) is 0 Å². The second kappa shape index (κ2) is 8.27. The van der Waals surface area contributed by atoms with Crippen LogP contribution in [0.4, 0.5) is 5.13 Å². The molecule has 3 aromatic carbocycles. The first-order chi connectivity index (χ1) is 17.7. The molecule has 0 saturated heterocycles. The molecule has 7 rings (SSSR count). The number of aryl methyl sites for hydroxylation is 1. The van der Waals surface area contributed by atoms with Gasteiger partial charge in [0.1, 0.15) is 11.5 Å². The lowest BCUT2D eigenvalue weighted by atomic mass is 9.77. The van der Waals surface area contributed by atoms with E-state index < -0.39 is 0 Å². The molecule has 2 aromatic heterocycles. The van der Waals surface area contributed by atoms with Crippen molar-refractivity contribution in [2.75, 3.05) is 19.2 Å². The topological polar surface area (TPSA) is 72.7 Å². The van der Waals surface area contributed by atoms with E-state index in [0.717, 1.165) is 56.6 Å². The summed E-state index contributed by atoms with van der Waals surface area (Å²) in [5, 5.41) is 8.09. The van der Waals surface area contributed by atoms with Gasteiger partial charge in [-0.2, -0.15) is 10.1 Å². The first-order valence-electron chi connectivity index (χ1n) is 11.9. The molecule has 2 unspecified atom stereocenters. The number of ether oxygens (including phenoxy) is 2. The van der Waals surface area contributed by atoms with Gasteiger partial charge in [-0.25, -0.2) is 15.0 Å². The van der Waals surface area contributed by atoms with Gasteiger partial charge in [0.25, 0.3) is 0 Å². The molecule has 0 N–H and O–H groups in total. The number of anilines is 1. The minimum Gasteiger partial charge on any atom is -0.497 e. The predicted molar refractivity (Wildman–Crippen MR) is 142 cm³/mol. The highest BCUT2D eigenvalue weighted by molar-refractivity contribution is 7.21. The molecule has 0 radical (unpaired) electrons. The number of nitrogens with zero attached hydrogens (tertiary/aromatic N) is 5. The fourth-order valence-electron chi connectivity index (χ4n) is 5.32. The molecule has 3 heterocycles. The summed E-state index contributed by atoms with van der Waals surface area (Å²) in [7, 11) is 3.39. The van der Waals surface area contributed by atoms with Gasteiger partial charge in [-0.15, -0.1) is 0 Å². The van der Waals surface area contributed by atoms with E-state index in [9.17, 15) is 0 Å². The molecule has 2 atom stereocenters. The van der Waals surface area contributed by atoms with Gasteiger partial charge in [0, 0.05) is 11.5 Å². The average molecular weight is 494 g/mol. The molecule has 8 heteroatoms. The van der Waals surface area contributed by atoms with Crippen molar-refractivity contribution < 1.29 is 9.47 Å². The maximum atomic E-state index is 5.55. The summed E-state index contributed by atoms with van der Waals surface area (Å²) >= 11 is 1.53. The second-order valence-corrected chi connectivity index (χ2v) is 10.0. The van der Waals surface area contributed by atoms with E-state index in [4.69, 9.17) is 29.5 Å². The molecule has 0 amide bonds. The van der Waals surface area contributed by atoms with Crippen LogP contribution >= 0.6 is 11.3 Å². The van der Waals surface area contributed by atoms with Crippen molar-refractivity contribution in [3.05, 3.63) is 83.4 Å². The molecule has 1 aliphatic carbocycles. The zero-order chi connectivity index (χ0) is 24.2. The first kappa shape index (κ1) is 21.3. The third-order valence-corrected chi connectivity index (χ3v) is 8.02. The Kier molecular flexibility index (Phi) is 4.89. The van der Waals surface area contributed by atoms with Crippen LogP contribution in [0.1, 0.15) is 29.2 Å². The predicted octanol–water partition coefficient (Wildman–Crippen LogP) is 5.78. The lowest BCUT2D eigenvalue weighted by Gasteiger charge is -2.29. The normalized spacial score (nSPS) is 18.7. The number of para-hydroxylation sites is 2. The number of methoxy groups -OCH3 is 2. The smallest absolute Gasteiger partial charge is 0.210 e. The molecular weight excluding hydrogens is 470 g/mol. The van der Waals surface area contributed by atoms with E-state index in [2.05, 4.69) is 29.3 Å². The number of aromatic nitrogens is 3. The van der Waals surface area contributed by atoms with E-state index in [1.54, 1.807) is 14.2 Å². The summed E-state index contributed by atoms with van der Waals surface area (Å²) < 4.78 is 11.0. The molecule has 7 nitrogen and oxygen atoms in total. The van der Waals surface area contributed by atoms with Crippen molar-refractivity contribution in [2.45, 2.75) is 18.9 Å². The number of thiazole rings is 1. The fraction of sp³-hybridized carbons (Fsp3) is 0.214. The zero-order valence-electron chi connectivity index (χ0n) is 19.9. The van der Waals surface area contributed by atoms with Gasteiger partial charge >= 0.3 is 0 Å². The molecule has 0 spiro atoms. The van der Waals surface area contributed by atoms with Gasteiger partial charge in [0.2, 0.25) is 5.13 Å². The maximum absolute atomic E-state index is 5.55. The second-order valence-electron chi connectivity index (χ2n) is 9.05. The van der Waals surface area contributed by atoms with Crippen LogP contribution in [0.25, 0.3) is 21.5 Å². The quantitative estimate of drug-likeness (QED) is 0.316. The molecule has 0 bridgehead atoms. The molecule has 5 aromatic rings. The van der Waals surface area contributed by atoms with E-state index in [-0.39, 0.29) is 12.0 Å². The number of fused-ring (bicyclic) bond motifs is 5. The van der Waals surface area contributed by atoms with Crippen molar-refractivity contribution in [3.63, 3.8) is 0 Å². The number of benzene rings is 3. The Labute approximate surface area is 212 Å². The van der Waals surface area contributed by atoms with Gasteiger partial charge in [-0.1, -0.05) is 41.7 Å². The number of rotatable bonds is 4. The first-order valence-corrected chi connectivity index (χ1v) is 12.8. The Bertz CT molecular complexity index is 1590. The highest BCUT2D eigenvalue weighted by Gasteiger charge is 2.43. The number of hydrogen-bond donors (Lipinski definition) is 0. The Morgan fingerprint density at radius 2 is 1.61 bits per heavy atom. The van der Waals surface area contributed by atoms with Crippen LogP contribution in [0.2, 0.25) is 0 Å². The molecule has 36 heavy (non-hydrogen) atoms. The van der Waals surface area contributed by atoms with E-state index in [1.807, 2.05) is 42.5 Å². The van der Waals surface area contributed by atoms with E-state index in [1.165, 1.54) is 22.5 Å². The van der Waals surface area contributed by atoms with E-state index >= 15 is 0 Å². The van der Waals surface area contributed by atoms with Crippen LogP contribution in [0, 0.1) is 5.92 Å². The van der Waals surface area contributed by atoms with Crippen molar-refractivity contribution in [2.24, 2.45) is 11.0 Å². The van der Waals surface area contributed by atoms with Crippen molar-refractivity contribution >= 4 is 43.7 Å². The standard InChI is InChI=1S/C28H23N5O2S/c1-34-18-11-8-17(9-12-18)25-20-14-10-16-7-13-19(35-2)15-21(16)24(20)32-33(25)28-31-26-27(36-28)30-23-6-4-3-5-22(23)29-26/h3-9,11-13,15,20,25H,10,14H2,1-2H3. The molecular formula is C28H23N5O2S. The summed E-state index contributed by atoms with van der Waals surface area (Å²) in [4.78, 5) is 15.3. The Morgan fingerprint density at radius 1 is 0.861 bits per heavy atom. The monoisotopic (exact) mass is 493 g/mol. The summed E-state index contributed by atoms with van der Waals surface area (Å²) in [6.45, 7) is 0. The summed E-state index contributed by atoms with van der Waals surface area (Å²) in [5.74, 6) is 1.91. The van der Waals surface area contributed by atoms with Gasteiger partial charge in [-0.3, -0.25) is 0 Å². The highest BCUT2D eigenvalue weighted by Crippen LogP contribution is 2.47. The van der Waals surface area contributed by atoms with Crippen molar-refractivity contribution in [1.82, 2.24) is 15.0 Å². The Balaban J connectivity index is 1.39. The third kappa shape index (κ3) is 3.32. The highest BCUT2D eigenvalue weighted by atomic mass is 32.1. The van der Waals surface area contributed by atoms with Crippen LogP contribution in [-0.4, -0.2) is 34.9 Å². The number of hydrogen-bond acceptors (Lipinski definition) is 8. The maximum Gasteiger partial charge on any atom is 0.210 e. The SMILES string of the molecule is COc1ccc(C2C3CCc4ccc(OC)cc4C3=NN2c2nc3nc4ccccc4nc3s2)cc1. The summed E-state index contributed by atoms with van der Waals surface area (Å²) in [6, 6.07) is 22.5. The molecule has 0 saturated carbocycles. The zero-order valence-corrected chi connectivity index (χ0v) is 20.7. The van der Waals surface area contributed by atoms with Gasteiger partial charge in [0.05, 0.1) is 37.0 Å². The lowest BCUT2D eigenvalue weighted by molar-refractivity contribution is 0.413. The van der Waals surface area contributed by atoms with Gasteiger partial charge < -0.3 is 9.47 Å². The summed E-state index contributed by atoms with van der Waals surface area (Å²) in [5.41, 5.74) is 7.09. The van der Waals surface area contributed by atoms with Crippen LogP contribution in [0.3, 0.4) is 0 Å². The Hall–Kier alpha value is -4.04. The summed E-state index contributed by atoms with van der Waals surface area (Å²) in [6.07, 6.45) is 2.01. The minimum atomic E-state index is 0.0141. The lowest BCUT2D eigenvalue weighted by Crippen LogP contribution is -2.28. The van der Waals surface area contributed by atoms with Gasteiger partial charge in [0.15, 0.2) is 10.5 Å². The van der Waals surface area contributed by atoms with Crippen LogP contribution in [0.5, 0.6) is 11.5 Å².